The van der Waals surface area contributed by atoms with E-state index in [0.29, 0.717) is 11.3 Å². The molecule has 0 radical (unpaired) electrons. The zero-order chi connectivity index (χ0) is 23.2. The Labute approximate surface area is 191 Å². The summed E-state index contributed by atoms with van der Waals surface area (Å²) in [7, 11) is 0. The van der Waals surface area contributed by atoms with E-state index in [0.717, 1.165) is 48.2 Å². The Morgan fingerprint density at radius 1 is 1.03 bits per heavy atom. The number of aromatic nitrogens is 6. The van der Waals surface area contributed by atoms with Crippen LogP contribution in [0, 0.1) is 11.8 Å². The van der Waals surface area contributed by atoms with Crippen LogP contribution in [0.2, 0.25) is 0 Å². The number of hydrogen-bond donors (Lipinski definition) is 1. The average molecular weight is 457 g/mol. The first-order valence-corrected chi connectivity index (χ1v) is 10.7. The zero-order valence-electron chi connectivity index (χ0n) is 17.7. The predicted octanol–water partition coefficient (Wildman–Crippen LogP) is 4.13. The van der Waals surface area contributed by atoms with Crippen LogP contribution in [0.5, 0.6) is 0 Å². The topological polar surface area (TPSA) is 90.0 Å². The smallest absolute Gasteiger partial charge is 0.257 e. The van der Waals surface area contributed by atoms with E-state index in [9.17, 15) is 13.6 Å². The SMILES string of the molecule is O=C(Nc1cn2nc(-c3c(-c4ccc(F)cc4)nc4n3CCC4)ccc2n1)c1ccnc(F)c1. The Balaban J connectivity index is 1.38. The molecule has 0 saturated heterocycles. The van der Waals surface area contributed by atoms with Crippen molar-refractivity contribution >= 4 is 17.4 Å². The van der Waals surface area contributed by atoms with E-state index in [-0.39, 0.29) is 17.2 Å². The normalized spacial score (nSPS) is 12.8. The highest BCUT2D eigenvalue weighted by Gasteiger charge is 2.24. The van der Waals surface area contributed by atoms with Crippen LogP contribution in [0.1, 0.15) is 22.6 Å². The van der Waals surface area contributed by atoms with Gasteiger partial charge in [-0.2, -0.15) is 9.49 Å². The van der Waals surface area contributed by atoms with Gasteiger partial charge in [-0.1, -0.05) is 0 Å². The van der Waals surface area contributed by atoms with Gasteiger partial charge in [0.25, 0.3) is 5.91 Å². The fourth-order valence-corrected chi connectivity index (χ4v) is 4.20. The van der Waals surface area contributed by atoms with Crippen molar-refractivity contribution in [3.05, 3.63) is 84.1 Å². The number of anilines is 1. The fourth-order valence-electron chi connectivity index (χ4n) is 4.20. The molecule has 1 aromatic carbocycles. The summed E-state index contributed by atoms with van der Waals surface area (Å²) in [5.41, 5.74) is 3.76. The van der Waals surface area contributed by atoms with E-state index in [1.54, 1.807) is 28.9 Å². The van der Waals surface area contributed by atoms with E-state index < -0.39 is 11.9 Å². The minimum absolute atomic E-state index is 0.136. The molecular weight excluding hydrogens is 440 g/mol. The largest absolute Gasteiger partial charge is 0.326 e. The predicted molar refractivity (Wildman–Crippen MR) is 120 cm³/mol. The van der Waals surface area contributed by atoms with Crippen LogP contribution in [0.4, 0.5) is 14.6 Å². The standard InChI is InChI=1S/C24H17F2N7O/c25-16-5-3-14(4-6-16)22-23(32-11-1-2-20(32)30-22)17-7-8-21-28-19(13-33(21)31-17)29-24(34)15-9-10-27-18(26)12-15/h3-10,12-13H,1-2,11H2,(H,29,34). The molecule has 4 aromatic heterocycles. The molecule has 1 aliphatic rings. The molecule has 5 heterocycles. The number of fused-ring (bicyclic) bond motifs is 2. The van der Waals surface area contributed by atoms with Crippen LogP contribution in [0.3, 0.4) is 0 Å². The third-order valence-electron chi connectivity index (χ3n) is 5.74. The second kappa shape index (κ2) is 7.84. The molecule has 168 valence electrons. The lowest BCUT2D eigenvalue weighted by molar-refractivity contribution is 0.102. The second-order valence-corrected chi connectivity index (χ2v) is 7.96. The van der Waals surface area contributed by atoms with Crippen molar-refractivity contribution < 1.29 is 13.6 Å². The Morgan fingerprint density at radius 3 is 2.71 bits per heavy atom. The van der Waals surface area contributed by atoms with Gasteiger partial charge < -0.3 is 9.88 Å². The van der Waals surface area contributed by atoms with Crippen molar-refractivity contribution in [2.24, 2.45) is 0 Å². The van der Waals surface area contributed by atoms with E-state index in [1.165, 1.54) is 24.4 Å². The molecular formula is C24H17F2N7O. The molecule has 0 bridgehead atoms. The maximum Gasteiger partial charge on any atom is 0.257 e. The first-order valence-electron chi connectivity index (χ1n) is 10.7. The highest BCUT2D eigenvalue weighted by Crippen LogP contribution is 2.35. The van der Waals surface area contributed by atoms with E-state index in [1.807, 2.05) is 6.07 Å². The minimum Gasteiger partial charge on any atom is -0.326 e. The third kappa shape index (κ3) is 3.49. The highest BCUT2D eigenvalue weighted by atomic mass is 19.1. The van der Waals surface area contributed by atoms with Crippen molar-refractivity contribution in [2.75, 3.05) is 5.32 Å². The van der Waals surface area contributed by atoms with E-state index >= 15 is 0 Å². The van der Waals surface area contributed by atoms with Crippen molar-refractivity contribution in [3.63, 3.8) is 0 Å². The minimum atomic E-state index is -0.737. The van der Waals surface area contributed by atoms with Gasteiger partial charge in [0.05, 0.1) is 17.6 Å². The number of hydrogen-bond acceptors (Lipinski definition) is 5. The van der Waals surface area contributed by atoms with Crippen molar-refractivity contribution in [2.45, 2.75) is 19.4 Å². The molecule has 6 rings (SSSR count). The number of halogens is 2. The lowest BCUT2D eigenvalue weighted by Gasteiger charge is -2.08. The molecule has 0 fully saturated rings. The van der Waals surface area contributed by atoms with Crippen LogP contribution in [-0.4, -0.2) is 35.0 Å². The number of nitrogens with zero attached hydrogens (tertiary/aromatic N) is 6. The van der Waals surface area contributed by atoms with Gasteiger partial charge in [0, 0.05) is 36.4 Å². The molecule has 0 unspecified atom stereocenters. The Hall–Kier alpha value is -4.47. The van der Waals surface area contributed by atoms with Gasteiger partial charge in [0.15, 0.2) is 11.5 Å². The number of pyridine rings is 1. The molecule has 1 amide bonds. The maximum absolute atomic E-state index is 13.5. The summed E-state index contributed by atoms with van der Waals surface area (Å²) < 4.78 is 30.5. The summed E-state index contributed by atoms with van der Waals surface area (Å²) in [5, 5.41) is 7.37. The summed E-state index contributed by atoms with van der Waals surface area (Å²) in [5.74, 6) is -0.293. The number of rotatable bonds is 4. The van der Waals surface area contributed by atoms with E-state index in [2.05, 4.69) is 19.9 Å². The van der Waals surface area contributed by atoms with Gasteiger partial charge in [-0.25, -0.2) is 23.9 Å². The number of benzene rings is 1. The molecule has 0 spiro atoms. The van der Waals surface area contributed by atoms with Crippen molar-refractivity contribution in [1.29, 1.82) is 0 Å². The van der Waals surface area contributed by atoms with Gasteiger partial charge in [-0.15, -0.1) is 0 Å². The van der Waals surface area contributed by atoms with Crippen LogP contribution in [0.15, 0.2) is 60.9 Å². The molecule has 5 aromatic rings. The Bertz CT molecular complexity index is 1560. The third-order valence-corrected chi connectivity index (χ3v) is 5.74. The zero-order valence-corrected chi connectivity index (χ0v) is 17.7. The lowest BCUT2D eigenvalue weighted by atomic mass is 10.1. The number of aryl methyl sites for hydroxylation is 1. The van der Waals surface area contributed by atoms with Crippen molar-refractivity contribution in [1.82, 2.24) is 29.1 Å². The van der Waals surface area contributed by atoms with Crippen molar-refractivity contribution in [3.8, 4) is 22.6 Å². The highest BCUT2D eigenvalue weighted by molar-refractivity contribution is 6.03. The van der Waals surface area contributed by atoms with Gasteiger partial charge in [0.2, 0.25) is 5.95 Å². The van der Waals surface area contributed by atoms with Gasteiger partial charge in [0.1, 0.15) is 17.3 Å². The molecule has 10 heteroatoms. The molecule has 8 nitrogen and oxygen atoms in total. The molecule has 34 heavy (non-hydrogen) atoms. The second-order valence-electron chi connectivity index (χ2n) is 7.96. The average Bonchev–Trinajstić information content (AvgIpc) is 3.53. The first-order chi connectivity index (χ1) is 16.5. The quantitative estimate of drug-likeness (QED) is 0.410. The summed E-state index contributed by atoms with van der Waals surface area (Å²) in [6.07, 6.45) is 4.68. The monoisotopic (exact) mass is 457 g/mol. The molecule has 0 atom stereocenters. The van der Waals surface area contributed by atoms with Gasteiger partial charge >= 0.3 is 0 Å². The van der Waals surface area contributed by atoms with Crippen LogP contribution in [-0.2, 0) is 13.0 Å². The van der Waals surface area contributed by atoms with Crippen LogP contribution in [0.25, 0.3) is 28.3 Å². The van der Waals surface area contributed by atoms with Gasteiger partial charge in [-0.05, 0) is 48.9 Å². The number of imidazole rings is 2. The van der Waals surface area contributed by atoms with Gasteiger partial charge in [-0.3, -0.25) is 4.79 Å². The number of amides is 1. The number of nitrogens with one attached hydrogen (secondary N) is 1. The summed E-state index contributed by atoms with van der Waals surface area (Å²) in [6.45, 7) is 0.826. The Morgan fingerprint density at radius 2 is 1.88 bits per heavy atom. The molecule has 0 saturated carbocycles. The molecule has 1 aliphatic heterocycles. The Kier molecular flexibility index (Phi) is 4.65. The maximum atomic E-state index is 13.5. The summed E-state index contributed by atoms with van der Waals surface area (Å²) >= 11 is 0. The molecule has 0 aliphatic carbocycles. The van der Waals surface area contributed by atoms with Crippen LogP contribution >= 0.6 is 0 Å². The summed E-state index contributed by atoms with van der Waals surface area (Å²) in [6, 6.07) is 12.4. The van der Waals surface area contributed by atoms with Crippen LogP contribution < -0.4 is 5.32 Å². The lowest BCUT2D eigenvalue weighted by Crippen LogP contribution is -2.12. The summed E-state index contributed by atoms with van der Waals surface area (Å²) in [4.78, 5) is 25.1. The first kappa shape index (κ1) is 20.2. The number of carbonyl (C=O) groups excluding carboxylic acids is 1. The molecule has 1 N–H and O–H groups in total. The van der Waals surface area contributed by atoms with E-state index in [4.69, 9.17) is 10.1 Å². The fraction of sp³-hybridized carbons (Fsp3) is 0.125. The number of carbonyl (C=O) groups is 1.